The molecule has 17 heavy (non-hydrogen) atoms. The molecule has 5 heteroatoms. The molecule has 2 aromatic rings. The molecule has 0 unspecified atom stereocenters. The summed E-state index contributed by atoms with van der Waals surface area (Å²) in [7, 11) is 0. The van der Waals surface area contributed by atoms with Crippen LogP contribution >= 0.6 is 23.4 Å². The molecular formula is C12H12ClN3S. The molecule has 0 bridgehead atoms. The Morgan fingerprint density at radius 2 is 2.00 bits per heavy atom. The number of benzene rings is 1. The number of aromatic nitrogens is 1. The molecule has 0 saturated heterocycles. The maximum Gasteiger partial charge on any atom is 0.0527 e. The van der Waals surface area contributed by atoms with Crippen LogP contribution in [0.5, 0.6) is 0 Å². The minimum atomic E-state index is 0.752. The molecule has 0 saturated carbocycles. The number of hydrazine groups is 1. The molecule has 2 rings (SSSR count). The third-order valence-electron chi connectivity index (χ3n) is 2.18. The quantitative estimate of drug-likeness (QED) is 0.506. The molecule has 0 radical (unpaired) electrons. The van der Waals surface area contributed by atoms with Crippen molar-refractivity contribution >= 4 is 29.1 Å². The number of nitrogens with one attached hydrogen (secondary N) is 1. The fraction of sp³-hybridized carbons (Fsp3) is 0.0833. The molecule has 3 N–H and O–H groups in total. The van der Waals surface area contributed by atoms with Gasteiger partial charge in [-0.2, -0.15) is 0 Å². The summed E-state index contributed by atoms with van der Waals surface area (Å²) in [6, 6.07) is 11.5. The van der Waals surface area contributed by atoms with Crippen molar-refractivity contribution in [3.8, 4) is 0 Å². The monoisotopic (exact) mass is 265 g/mol. The first-order chi connectivity index (χ1) is 8.28. The van der Waals surface area contributed by atoms with Gasteiger partial charge in [-0.05, 0) is 36.4 Å². The number of nitrogen functional groups attached to an aromatic ring is 1. The third-order valence-corrected chi connectivity index (χ3v) is 3.48. The maximum absolute atomic E-state index is 5.82. The summed E-state index contributed by atoms with van der Waals surface area (Å²) >= 11 is 7.54. The van der Waals surface area contributed by atoms with Gasteiger partial charge in [0.25, 0.3) is 0 Å². The molecule has 1 aromatic carbocycles. The van der Waals surface area contributed by atoms with Crippen LogP contribution < -0.4 is 11.3 Å². The molecule has 0 aliphatic carbocycles. The number of rotatable bonds is 4. The lowest BCUT2D eigenvalue weighted by molar-refractivity contribution is 1.16. The molecule has 0 aliphatic heterocycles. The van der Waals surface area contributed by atoms with Crippen LogP contribution in [0.2, 0.25) is 5.02 Å². The van der Waals surface area contributed by atoms with E-state index in [2.05, 4.69) is 10.4 Å². The van der Waals surface area contributed by atoms with E-state index in [1.54, 1.807) is 18.0 Å². The zero-order chi connectivity index (χ0) is 12.1. The molecule has 3 nitrogen and oxygen atoms in total. The van der Waals surface area contributed by atoms with Crippen LogP contribution in [0.25, 0.3) is 0 Å². The van der Waals surface area contributed by atoms with Crippen LogP contribution in [0.15, 0.2) is 47.5 Å². The Bertz CT molecular complexity index is 487. The fourth-order valence-corrected chi connectivity index (χ4v) is 2.26. The molecular weight excluding hydrogens is 254 g/mol. The van der Waals surface area contributed by atoms with Crippen LogP contribution in [0.1, 0.15) is 5.69 Å². The van der Waals surface area contributed by atoms with Crippen LogP contribution in [0.4, 0.5) is 5.69 Å². The Balaban J connectivity index is 1.99. The van der Waals surface area contributed by atoms with E-state index in [0.29, 0.717) is 0 Å². The third kappa shape index (κ3) is 3.63. The Kier molecular flexibility index (Phi) is 4.25. The second-order valence-corrected chi connectivity index (χ2v) is 4.91. The van der Waals surface area contributed by atoms with Gasteiger partial charge in [0.1, 0.15) is 0 Å². The van der Waals surface area contributed by atoms with Crippen molar-refractivity contribution in [1.82, 2.24) is 4.98 Å². The van der Waals surface area contributed by atoms with Gasteiger partial charge in [0.15, 0.2) is 0 Å². The van der Waals surface area contributed by atoms with Gasteiger partial charge in [-0.15, -0.1) is 11.8 Å². The summed E-state index contributed by atoms with van der Waals surface area (Å²) in [6.07, 6.45) is 1.74. The lowest BCUT2D eigenvalue weighted by atomic mass is 10.3. The van der Waals surface area contributed by atoms with Crippen molar-refractivity contribution in [1.29, 1.82) is 0 Å². The van der Waals surface area contributed by atoms with E-state index in [1.807, 2.05) is 36.4 Å². The molecule has 1 aromatic heterocycles. The number of halogens is 1. The van der Waals surface area contributed by atoms with Crippen molar-refractivity contribution in [3.05, 3.63) is 53.3 Å². The second kappa shape index (κ2) is 5.91. The number of thioether (sulfide) groups is 1. The van der Waals surface area contributed by atoms with E-state index in [9.17, 15) is 0 Å². The summed E-state index contributed by atoms with van der Waals surface area (Å²) in [5.41, 5.74) is 4.46. The maximum atomic E-state index is 5.82. The van der Waals surface area contributed by atoms with Crippen molar-refractivity contribution < 1.29 is 0 Å². The SMILES string of the molecule is NNc1ccnc(CSc2ccc(Cl)cc2)c1. The van der Waals surface area contributed by atoms with E-state index >= 15 is 0 Å². The molecule has 0 atom stereocenters. The van der Waals surface area contributed by atoms with Gasteiger partial charge in [0, 0.05) is 21.9 Å². The molecule has 0 fully saturated rings. The van der Waals surface area contributed by atoms with Gasteiger partial charge in [0.05, 0.1) is 11.4 Å². The van der Waals surface area contributed by atoms with Gasteiger partial charge in [-0.25, -0.2) is 0 Å². The minimum Gasteiger partial charge on any atom is -0.324 e. The summed E-state index contributed by atoms with van der Waals surface area (Å²) in [5, 5.41) is 0.752. The normalized spacial score (nSPS) is 10.2. The van der Waals surface area contributed by atoms with Crippen molar-refractivity contribution in [2.45, 2.75) is 10.6 Å². The molecule has 0 aliphatic rings. The number of hydrogen-bond donors (Lipinski definition) is 2. The molecule has 88 valence electrons. The van der Waals surface area contributed by atoms with Crippen LogP contribution in [0, 0.1) is 0 Å². The summed E-state index contributed by atoms with van der Waals surface area (Å²) in [6.45, 7) is 0. The zero-order valence-electron chi connectivity index (χ0n) is 9.06. The predicted molar refractivity (Wildman–Crippen MR) is 73.1 cm³/mol. The van der Waals surface area contributed by atoms with Crippen molar-refractivity contribution in [2.75, 3.05) is 5.43 Å². The smallest absolute Gasteiger partial charge is 0.0527 e. The highest BCUT2D eigenvalue weighted by molar-refractivity contribution is 7.98. The first-order valence-electron chi connectivity index (χ1n) is 5.08. The van der Waals surface area contributed by atoms with Crippen LogP contribution in [-0.4, -0.2) is 4.98 Å². The highest BCUT2D eigenvalue weighted by atomic mass is 35.5. The first kappa shape index (κ1) is 12.2. The predicted octanol–water partition coefficient (Wildman–Crippen LogP) is 3.31. The van der Waals surface area contributed by atoms with Gasteiger partial charge >= 0.3 is 0 Å². The summed E-state index contributed by atoms with van der Waals surface area (Å²) in [5.74, 6) is 6.15. The average molecular weight is 266 g/mol. The Hall–Kier alpha value is -1.23. The Morgan fingerprint density at radius 1 is 1.24 bits per heavy atom. The molecule has 0 amide bonds. The van der Waals surface area contributed by atoms with Gasteiger partial charge in [-0.3, -0.25) is 10.8 Å². The number of nitrogens with two attached hydrogens (primary N) is 1. The number of hydrogen-bond acceptors (Lipinski definition) is 4. The van der Waals surface area contributed by atoms with Crippen LogP contribution in [0.3, 0.4) is 0 Å². The number of pyridine rings is 1. The summed E-state index contributed by atoms with van der Waals surface area (Å²) in [4.78, 5) is 5.45. The zero-order valence-corrected chi connectivity index (χ0v) is 10.6. The standard InChI is InChI=1S/C12H12ClN3S/c13-9-1-3-12(4-2-9)17-8-11-7-10(16-14)5-6-15-11/h1-7H,8,14H2,(H,15,16). The highest BCUT2D eigenvalue weighted by Gasteiger charge is 1.99. The fourth-order valence-electron chi connectivity index (χ4n) is 1.33. The van der Waals surface area contributed by atoms with E-state index in [0.717, 1.165) is 22.2 Å². The van der Waals surface area contributed by atoms with Gasteiger partial charge in [0.2, 0.25) is 0 Å². The van der Waals surface area contributed by atoms with E-state index < -0.39 is 0 Å². The Morgan fingerprint density at radius 3 is 2.71 bits per heavy atom. The average Bonchev–Trinajstić information content (AvgIpc) is 2.38. The molecule has 0 spiro atoms. The summed E-state index contributed by atoms with van der Waals surface area (Å²) < 4.78 is 0. The van der Waals surface area contributed by atoms with Gasteiger partial charge in [-0.1, -0.05) is 11.6 Å². The molecule has 1 heterocycles. The van der Waals surface area contributed by atoms with E-state index in [1.165, 1.54) is 4.90 Å². The Labute approximate surface area is 109 Å². The number of anilines is 1. The largest absolute Gasteiger partial charge is 0.324 e. The van der Waals surface area contributed by atoms with Crippen molar-refractivity contribution in [2.24, 2.45) is 5.84 Å². The minimum absolute atomic E-state index is 0.752. The topological polar surface area (TPSA) is 50.9 Å². The van der Waals surface area contributed by atoms with E-state index in [-0.39, 0.29) is 0 Å². The van der Waals surface area contributed by atoms with Crippen LogP contribution in [-0.2, 0) is 5.75 Å². The second-order valence-electron chi connectivity index (χ2n) is 3.42. The first-order valence-corrected chi connectivity index (χ1v) is 6.44. The van der Waals surface area contributed by atoms with E-state index in [4.69, 9.17) is 17.4 Å². The highest BCUT2D eigenvalue weighted by Crippen LogP contribution is 2.24. The number of nitrogens with zero attached hydrogens (tertiary/aromatic N) is 1. The lowest BCUT2D eigenvalue weighted by Gasteiger charge is -2.04. The van der Waals surface area contributed by atoms with Gasteiger partial charge < -0.3 is 5.43 Å². The lowest BCUT2D eigenvalue weighted by Crippen LogP contribution is -2.07. The van der Waals surface area contributed by atoms with Crippen molar-refractivity contribution in [3.63, 3.8) is 0 Å².